The molecule has 0 atom stereocenters. The molecule has 0 aromatic carbocycles. The van der Waals surface area contributed by atoms with Gasteiger partial charge in [0, 0.05) is 0 Å². The van der Waals surface area contributed by atoms with Crippen molar-refractivity contribution in [1.29, 1.82) is 0 Å². The van der Waals surface area contributed by atoms with Crippen molar-refractivity contribution in [2.45, 2.75) is 0 Å². The third kappa shape index (κ3) is 2.18. The van der Waals surface area contributed by atoms with Gasteiger partial charge in [0.2, 0.25) is 0 Å². The zero-order valence-electron chi connectivity index (χ0n) is 5.23. The van der Waals surface area contributed by atoms with Gasteiger partial charge < -0.3 is 0 Å². The van der Waals surface area contributed by atoms with Gasteiger partial charge in [0.15, 0.2) is 5.78 Å². The molecule has 0 aliphatic carbocycles. The first kappa shape index (κ1) is 9.52. The molecule has 0 N–H and O–H groups in total. The van der Waals surface area contributed by atoms with Crippen LogP contribution in [-0.2, 0) is 0 Å². The van der Waals surface area contributed by atoms with E-state index in [9.17, 15) is 4.79 Å². The Morgan fingerprint density at radius 2 is 2.27 bits per heavy atom. The molecule has 0 fully saturated rings. The maximum absolute atomic E-state index is 11.0. The minimum atomic E-state index is 0.00352. The van der Waals surface area contributed by atoms with Crippen molar-refractivity contribution in [2.24, 2.45) is 0 Å². The maximum atomic E-state index is 11.0. The second-order valence-corrected chi connectivity index (χ2v) is 4.41. The van der Waals surface area contributed by atoms with Crippen LogP contribution in [0.1, 0.15) is 9.67 Å². The van der Waals surface area contributed by atoms with Gasteiger partial charge in [0.1, 0.15) is 4.34 Å². The van der Waals surface area contributed by atoms with Crippen molar-refractivity contribution < 1.29 is 4.79 Å². The number of rotatable bonds is 2. The van der Waals surface area contributed by atoms with Crippen LogP contribution in [0.4, 0.5) is 0 Å². The van der Waals surface area contributed by atoms with E-state index in [1.807, 2.05) is 0 Å². The first-order valence-electron chi connectivity index (χ1n) is 2.69. The maximum Gasteiger partial charge on any atom is 0.183 e. The van der Waals surface area contributed by atoms with Crippen LogP contribution < -0.4 is 0 Å². The van der Waals surface area contributed by atoms with E-state index < -0.39 is 0 Å². The second-order valence-electron chi connectivity index (χ2n) is 1.79. The Labute approximate surface area is 86.4 Å². The van der Waals surface area contributed by atoms with Crippen LogP contribution >= 0.6 is 50.5 Å². The molecule has 0 bridgehead atoms. The van der Waals surface area contributed by atoms with Crippen molar-refractivity contribution in [3.8, 4) is 0 Å². The van der Waals surface area contributed by atoms with E-state index in [4.69, 9.17) is 23.2 Å². The van der Waals surface area contributed by atoms with Crippen LogP contribution in [-0.4, -0.2) is 11.1 Å². The van der Waals surface area contributed by atoms with E-state index >= 15 is 0 Å². The van der Waals surface area contributed by atoms with Gasteiger partial charge in [-0.15, -0.1) is 11.3 Å². The Morgan fingerprint density at radius 3 is 2.64 bits per heavy atom. The van der Waals surface area contributed by atoms with Crippen LogP contribution in [0.25, 0.3) is 0 Å². The summed E-state index contributed by atoms with van der Waals surface area (Å²) >= 11 is 15.5. The molecule has 0 saturated carbocycles. The first-order chi connectivity index (χ1) is 5.15. The van der Waals surface area contributed by atoms with Gasteiger partial charge in [0.05, 0.1) is 15.2 Å². The zero-order valence-corrected chi connectivity index (χ0v) is 9.15. The molecule has 11 heavy (non-hydrogen) atoms. The average Bonchev–Trinajstić information content (AvgIpc) is 2.31. The first-order valence-corrected chi connectivity index (χ1v) is 5.38. The molecule has 60 valence electrons. The highest BCUT2D eigenvalue weighted by Crippen LogP contribution is 2.31. The van der Waals surface area contributed by atoms with E-state index in [-0.39, 0.29) is 5.78 Å². The van der Waals surface area contributed by atoms with Crippen LogP contribution in [0.3, 0.4) is 0 Å². The van der Waals surface area contributed by atoms with E-state index in [2.05, 4.69) is 15.9 Å². The topological polar surface area (TPSA) is 17.1 Å². The summed E-state index contributed by atoms with van der Waals surface area (Å²) in [6.45, 7) is 0. The summed E-state index contributed by atoms with van der Waals surface area (Å²) in [6.07, 6.45) is 0. The molecule has 1 aromatic heterocycles. The van der Waals surface area contributed by atoms with E-state index in [0.29, 0.717) is 19.6 Å². The fraction of sp³-hybridized carbons (Fsp3) is 0.167. The molecule has 0 radical (unpaired) electrons. The molecule has 5 heteroatoms. The lowest BCUT2D eigenvalue weighted by Gasteiger charge is -1.85. The van der Waals surface area contributed by atoms with Crippen LogP contribution in [0, 0.1) is 0 Å². The van der Waals surface area contributed by atoms with Crippen LogP contribution in [0.15, 0.2) is 6.07 Å². The van der Waals surface area contributed by atoms with E-state index in [1.165, 1.54) is 11.3 Å². The van der Waals surface area contributed by atoms with Gasteiger partial charge in [0.25, 0.3) is 0 Å². The third-order valence-electron chi connectivity index (χ3n) is 1.04. The monoisotopic (exact) mass is 272 g/mol. The molecule has 0 spiro atoms. The van der Waals surface area contributed by atoms with Gasteiger partial charge in [-0.3, -0.25) is 4.79 Å². The standard InChI is InChI=1S/C6H3BrCl2OS/c7-2-4(10)5-1-3(8)6(9)11-5/h1H,2H2. The Kier molecular flexibility index (Phi) is 3.37. The molecule has 0 aliphatic heterocycles. The minimum Gasteiger partial charge on any atom is -0.292 e. The Morgan fingerprint density at radius 1 is 1.64 bits per heavy atom. The Hall–Kier alpha value is 0.430. The van der Waals surface area contributed by atoms with Gasteiger partial charge in [-0.05, 0) is 6.07 Å². The van der Waals surface area contributed by atoms with E-state index in [1.54, 1.807) is 6.07 Å². The van der Waals surface area contributed by atoms with Gasteiger partial charge in [-0.25, -0.2) is 0 Å². The fourth-order valence-electron chi connectivity index (χ4n) is 0.550. The lowest BCUT2D eigenvalue weighted by atomic mass is 10.4. The van der Waals surface area contributed by atoms with Crippen molar-refractivity contribution >= 4 is 56.3 Å². The largest absolute Gasteiger partial charge is 0.292 e. The predicted octanol–water partition coefficient (Wildman–Crippen LogP) is 3.63. The van der Waals surface area contributed by atoms with Gasteiger partial charge in [-0.2, -0.15) is 0 Å². The molecule has 0 amide bonds. The summed E-state index contributed by atoms with van der Waals surface area (Å²) in [4.78, 5) is 11.6. The summed E-state index contributed by atoms with van der Waals surface area (Å²) in [7, 11) is 0. The summed E-state index contributed by atoms with van der Waals surface area (Å²) in [5, 5.41) is 0.751. The lowest BCUT2D eigenvalue weighted by Crippen LogP contribution is -1.94. The number of alkyl halides is 1. The minimum absolute atomic E-state index is 0.00352. The average molecular weight is 274 g/mol. The van der Waals surface area contributed by atoms with Gasteiger partial charge in [-0.1, -0.05) is 39.1 Å². The molecule has 1 nitrogen and oxygen atoms in total. The summed E-state index contributed by atoms with van der Waals surface area (Å²) in [5.41, 5.74) is 0. The van der Waals surface area contributed by atoms with E-state index in [0.717, 1.165) is 0 Å². The van der Waals surface area contributed by atoms with Crippen molar-refractivity contribution in [1.82, 2.24) is 0 Å². The number of Topliss-reactive ketones (excluding diaryl/α,β-unsaturated/α-hetero) is 1. The highest BCUT2D eigenvalue weighted by Gasteiger charge is 2.10. The predicted molar refractivity (Wildman–Crippen MR) is 52.5 cm³/mol. The third-order valence-corrected chi connectivity index (χ3v) is 3.46. The molecule has 1 heterocycles. The number of hydrogen-bond donors (Lipinski definition) is 0. The molecule has 1 rings (SSSR count). The SMILES string of the molecule is O=C(CBr)c1cc(Cl)c(Cl)s1. The second kappa shape index (κ2) is 3.90. The number of carbonyl (C=O) groups is 1. The van der Waals surface area contributed by atoms with Crippen LogP contribution in [0.2, 0.25) is 9.36 Å². The summed E-state index contributed by atoms with van der Waals surface area (Å²) in [6, 6.07) is 1.58. The quantitative estimate of drug-likeness (QED) is 0.594. The normalized spacial score (nSPS) is 10.1. The number of thiophene rings is 1. The summed E-state index contributed by atoms with van der Waals surface area (Å²) in [5.74, 6) is 0.00352. The molecule has 0 aliphatic rings. The van der Waals surface area contributed by atoms with Crippen LogP contribution in [0.5, 0.6) is 0 Å². The van der Waals surface area contributed by atoms with Gasteiger partial charge >= 0.3 is 0 Å². The highest BCUT2D eigenvalue weighted by molar-refractivity contribution is 9.09. The molecule has 0 unspecified atom stereocenters. The van der Waals surface area contributed by atoms with Crippen molar-refractivity contribution in [3.63, 3.8) is 0 Å². The zero-order chi connectivity index (χ0) is 8.43. The number of halogens is 3. The molecule has 1 aromatic rings. The lowest BCUT2D eigenvalue weighted by molar-refractivity contribution is 0.102. The number of carbonyl (C=O) groups excluding carboxylic acids is 1. The Bertz CT molecular complexity index is 265. The molecular weight excluding hydrogens is 271 g/mol. The van der Waals surface area contributed by atoms with Crippen molar-refractivity contribution in [3.05, 3.63) is 20.3 Å². The number of ketones is 1. The highest BCUT2D eigenvalue weighted by atomic mass is 79.9. The molecular formula is C6H3BrCl2OS. The fourth-order valence-corrected chi connectivity index (χ4v) is 2.34. The smallest absolute Gasteiger partial charge is 0.183 e. The van der Waals surface area contributed by atoms with Crippen molar-refractivity contribution in [2.75, 3.05) is 5.33 Å². The number of hydrogen-bond acceptors (Lipinski definition) is 2. The summed E-state index contributed by atoms with van der Waals surface area (Å²) < 4.78 is 0.468. The Balaban J connectivity index is 2.97. The molecule has 0 saturated heterocycles.